The Morgan fingerprint density at radius 2 is 2.11 bits per heavy atom. The van der Waals surface area contributed by atoms with Crippen LogP contribution in [0.3, 0.4) is 0 Å². The lowest BCUT2D eigenvalue weighted by atomic mass is 9.98. The van der Waals surface area contributed by atoms with Gasteiger partial charge in [-0.2, -0.15) is 0 Å². The Kier molecular flexibility index (Phi) is 3.19. The molecule has 1 fully saturated rings. The van der Waals surface area contributed by atoms with E-state index in [0.717, 1.165) is 37.0 Å². The molecular weight excluding hydrogens is 242 g/mol. The first kappa shape index (κ1) is 12.5. The van der Waals surface area contributed by atoms with E-state index in [1.165, 1.54) is 0 Å². The van der Waals surface area contributed by atoms with Crippen LogP contribution in [0.2, 0.25) is 0 Å². The molecule has 4 nitrogen and oxygen atoms in total. The summed E-state index contributed by atoms with van der Waals surface area (Å²) < 4.78 is 5.67. The highest BCUT2D eigenvalue weighted by Crippen LogP contribution is 2.31. The minimum absolute atomic E-state index is 0.0123. The second-order valence-electron chi connectivity index (χ2n) is 5.55. The van der Waals surface area contributed by atoms with E-state index in [1.807, 2.05) is 24.3 Å². The van der Waals surface area contributed by atoms with Gasteiger partial charge in [0.2, 0.25) is 0 Å². The molecule has 0 bridgehead atoms. The number of fused-ring (bicyclic) bond motifs is 1. The molecule has 1 atom stereocenters. The maximum absolute atomic E-state index is 12.3. The molecule has 1 amide bonds. The molecule has 2 N–H and O–H groups in total. The minimum Gasteiger partial charge on any atom is -0.480 e. The Balaban J connectivity index is 1.67. The predicted molar refractivity (Wildman–Crippen MR) is 71.0 cm³/mol. The number of nitrogens with one attached hydrogen (secondary N) is 1. The van der Waals surface area contributed by atoms with Gasteiger partial charge < -0.3 is 15.2 Å². The van der Waals surface area contributed by atoms with Crippen LogP contribution < -0.4 is 10.1 Å². The number of rotatable bonds is 3. The van der Waals surface area contributed by atoms with Gasteiger partial charge in [0.1, 0.15) is 5.75 Å². The quantitative estimate of drug-likeness (QED) is 0.865. The van der Waals surface area contributed by atoms with Crippen molar-refractivity contribution in [1.82, 2.24) is 5.32 Å². The van der Waals surface area contributed by atoms with Crippen LogP contribution >= 0.6 is 0 Å². The lowest BCUT2D eigenvalue weighted by Gasteiger charge is -2.29. The Bertz CT molecular complexity index is 455. The molecule has 2 aliphatic rings. The van der Waals surface area contributed by atoms with Crippen molar-refractivity contribution < 1.29 is 14.6 Å². The number of carbonyl (C=O) groups is 1. The number of ether oxygens (including phenoxy) is 1. The Morgan fingerprint density at radius 1 is 1.37 bits per heavy atom. The summed E-state index contributed by atoms with van der Waals surface area (Å²) in [5.41, 5.74) is 0.655. The van der Waals surface area contributed by atoms with E-state index in [0.29, 0.717) is 6.42 Å². The maximum Gasteiger partial charge on any atom is 0.261 e. The zero-order chi connectivity index (χ0) is 13.3. The number of carbonyl (C=O) groups excluding carboxylic acids is 1. The van der Waals surface area contributed by atoms with Gasteiger partial charge in [0.15, 0.2) is 6.10 Å². The number of aliphatic hydroxyl groups excluding tert-OH is 1. The van der Waals surface area contributed by atoms with Gasteiger partial charge in [-0.05, 0) is 24.5 Å². The molecule has 1 heterocycles. The van der Waals surface area contributed by atoms with Crippen LogP contribution in [-0.2, 0) is 11.2 Å². The molecule has 102 valence electrons. The molecule has 1 unspecified atom stereocenters. The van der Waals surface area contributed by atoms with Crippen molar-refractivity contribution in [2.45, 2.75) is 43.7 Å². The SMILES string of the molecule is O=C(NC1(CO)CCCC1)C1Cc2ccccc2O1. The normalized spacial score (nSPS) is 23.7. The third-order valence-corrected chi connectivity index (χ3v) is 4.19. The summed E-state index contributed by atoms with van der Waals surface area (Å²) in [5.74, 6) is 0.694. The fraction of sp³-hybridized carbons (Fsp3) is 0.533. The highest BCUT2D eigenvalue weighted by molar-refractivity contribution is 5.83. The van der Waals surface area contributed by atoms with Gasteiger partial charge >= 0.3 is 0 Å². The van der Waals surface area contributed by atoms with E-state index in [1.54, 1.807) is 0 Å². The standard InChI is InChI=1S/C15H19NO3/c17-10-15(7-3-4-8-15)16-14(18)13-9-11-5-1-2-6-12(11)19-13/h1-2,5-6,13,17H,3-4,7-10H2,(H,16,18). The molecule has 4 heteroatoms. The zero-order valence-electron chi connectivity index (χ0n) is 10.9. The van der Waals surface area contributed by atoms with Crippen LogP contribution in [-0.4, -0.2) is 29.3 Å². The number of amides is 1. The summed E-state index contributed by atoms with van der Waals surface area (Å²) in [5, 5.41) is 12.5. The zero-order valence-corrected chi connectivity index (χ0v) is 10.9. The Hall–Kier alpha value is -1.55. The summed E-state index contributed by atoms with van der Waals surface area (Å²) in [7, 11) is 0. The fourth-order valence-corrected chi connectivity index (χ4v) is 3.04. The van der Waals surface area contributed by atoms with Crippen molar-refractivity contribution in [3.05, 3.63) is 29.8 Å². The van der Waals surface area contributed by atoms with Gasteiger partial charge in [0.05, 0.1) is 12.1 Å². The average molecular weight is 261 g/mol. The van der Waals surface area contributed by atoms with Crippen molar-refractivity contribution in [2.24, 2.45) is 0 Å². The first-order valence-corrected chi connectivity index (χ1v) is 6.90. The molecular formula is C15H19NO3. The first-order valence-electron chi connectivity index (χ1n) is 6.90. The summed E-state index contributed by atoms with van der Waals surface area (Å²) >= 11 is 0. The number of para-hydroxylation sites is 1. The van der Waals surface area contributed by atoms with Crippen LogP contribution in [0.5, 0.6) is 5.75 Å². The van der Waals surface area contributed by atoms with Crippen molar-refractivity contribution in [2.75, 3.05) is 6.61 Å². The molecule has 3 rings (SSSR count). The van der Waals surface area contributed by atoms with E-state index in [4.69, 9.17) is 4.74 Å². The van der Waals surface area contributed by atoms with Crippen molar-refractivity contribution in [3.63, 3.8) is 0 Å². The van der Waals surface area contributed by atoms with E-state index in [2.05, 4.69) is 5.32 Å². The topological polar surface area (TPSA) is 58.6 Å². The Morgan fingerprint density at radius 3 is 2.79 bits per heavy atom. The van der Waals surface area contributed by atoms with Gasteiger partial charge in [0.25, 0.3) is 5.91 Å². The van der Waals surface area contributed by atoms with Crippen LogP contribution in [0.1, 0.15) is 31.2 Å². The molecule has 0 saturated heterocycles. The number of aliphatic hydroxyl groups is 1. The van der Waals surface area contributed by atoms with Crippen LogP contribution in [0.25, 0.3) is 0 Å². The molecule has 0 spiro atoms. The average Bonchev–Trinajstić information content (AvgIpc) is 3.05. The molecule has 1 aromatic rings. The summed E-state index contributed by atoms with van der Waals surface area (Å²) in [4.78, 5) is 12.3. The smallest absolute Gasteiger partial charge is 0.261 e. The largest absolute Gasteiger partial charge is 0.480 e. The van der Waals surface area contributed by atoms with E-state index in [-0.39, 0.29) is 12.5 Å². The van der Waals surface area contributed by atoms with Crippen LogP contribution in [0.4, 0.5) is 0 Å². The molecule has 0 aromatic heterocycles. The van der Waals surface area contributed by atoms with Crippen molar-refractivity contribution in [1.29, 1.82) is 0 Å². The molecule has 1 aliphatic heterocycles. The second kappa shape index (κ2) is 4.85. The first-order chi connectivity index (χ1) is 9.22. The maximum atomic E-state index is 12.3. The third-order valence-electron chi connectivity index (χ3n) is 4.19. The van der Waals surface area contributed by atoms with E-state index >= 15 is 0 Å². The lowest BCUT2D eigenvalue weighted by molar-refractivity contribution is -0.129. The highest BCUT2D eigenvalue weighted by Gasteiger charge is 2.38. The highest BCUT2D eigenvalue weighted by atomic mass is 16.5. The summed E-state index contributed by atoms with van der Waals surface area (Å²) in [6, 6.07) is 7.74. The van der Waals surface area contributed by atoms with Crippen LogP contribution in [0.15, 0.2) is 24.3 Å². The van der Waals surface area contributed by atoms with E-state index in [9.17, 15) is 9.90 Å². The Labute approximate surface area is 112 Å². The molecule has 0 radical (unpaired) electrons. The molecule has 1 aromatic carbocycles. The van der Waals surface area contributed by atoms with Gasteiger partial charge in [-0.25, -0.2) is 0 Å². The van der Waals surface area contributed by atoms with Crippen LogP contribution in [0, 0.1) is 0 Å². The van der Waals surface area contributed by atoms with Gasteiger partial charge in [-0.15, -0.1) is 0 Å². The van der Waals surface area contributed by atoms with Gasteiger partial charge in [-0.3, -0.25) is 4.79 Å². The number of benzene rings is 1. The van der Waals surface area contributed by atoms with Gasteiger partial charge in [-0.1, -0.05) is 31.0 Å². The minimum atomic E-state index is -0.457. The second-order valence-corrected chi connectivity index (χ2v) is 5.55. The van der Waals surface area contributed by atoms with Gasteiger partial charge in [0, 0.05) is 6.42 Å². The number of hydrogen-bond donors (Lipinski definition) is 2. The summed E-state index contributed by atoms with van der Waals surface area (Å²) in [6.07, 6.45) is 3.99. The fourth-order valence-electron chi connectivity index (χ4n) is 3.04. The summed E-state index contributed by atoms with van der Waals surface area (Å²) in [6.45, 7) is 0.0123. The van der Waals surface area contributed by atoms with Crippen molar-refractivity contribution in [3.8, 4) is 5.75 Å². The third kappa shape index (κ3) is 2.32. The lowest BCUT2D eigenvalue weighted by Crippen LogP contribution is -2.53. The van der Waals surface area contributed by atoms with Crippen molar-refractivity contribution >= 4 is 5.91 Å². The molecule has 1 aliphatic carbocycles. The predicted octanol–water partition coefficient (Wildman–Crippen LogP) is 1.41. The number of hydrogen-bond acceptors (Lipinski definition) is 3. The van der Waals surface area contributed by atoms with E-state index < -0.39 is 11.6 Å². The molecule has 1 saturated carbocycles. The monoisotopic (exact) mass is 261 g/mol. The molecule has 19 heavy (non-hydrogen) atoms.